The van der Waals surface area contributed by atoms with Gasteiger partial charge in [-0.3, -0.25) is 0 Å². The highest BCUT2D eigenvalue weighted by Gasteiger charge is 2.13. The Hall–Kier alpha value is -1.95. The fourth-order valence-electron chi connectivity index (χ4n) is 2.33. The number of rotatable bonds is 4. The molecule has 0 atom stereocenters. The first-order valence-electron chi connectivity index (χ1n) is 6.95. The Balaban J connectivity index is 2.27. The van der Waals surface area contributed by atoms with Crippen LogP contribution < -0.4 is 4.90 Å². The lowest BCUT2D eigenvalue weighted by Crippen LogP contribution is -2.24. The Morgan fingerprint density at radius 3 is 2.67 bits per heavy atom. The predicted molar refractivity (Wildman–Crippen MR) is 87.9 cm³/mol. The van der Waals surface area contributed by atoms with Gasteiger partial charge in [0, 0.05) is 35.3 Å². The van der Waals surface area contributed by atoms with Crippen molar-refractivity contribution in [2.75, 3.05) is 18.0 Å². The third kappa shape index (κ3) is 2.63. The van der Waals surface area contributed by atoms with E-state index < -0.39 is 0 Å². The topological polar surface area (TPSA) is 46.8 Å². The molecule has 0 spiro atoms. The largest absolute Gasteiger partial charge is 0.356 e. The highest BCUT2D eigenvalue weighted by Crippen LogP contribution is 2.27. The number of aromatic nitrogens is 4. The lowest BCUT2D eigenvalue weighted by atomic mass is 10.2. The summed E-state index contributed by atoms with van der Waals surface area (Å²) in [6, 6.07) is 7.95. The lowest BCUT2D eigenvalue weighted by molar-refractivity contribution is 0.793. The van der Waals surface area contributed by atoms with Crippen LogP contribution in [0.3, 0.4) is 0 Å². The van der Waals surface area contributed by atoms with Crippen molar-refractivity contribution >= 4 is 32.7 Å². The van der Waals surface area contributed by atoms with E-state index in [1.807, 2.05) is 24.4 Å². The van der Waals surface area contributed by atoms with Gasteiger partial charge in [0.15, 0.2) is 0 Å². The average Bonchev–Trinajstić information content (AvgIpc) is 3.02. The molecular weight excluding hydrogens is 330 g/mol. The molecule has 0 fully saturated rings. The molecule has 3 aromatic rings. The molecule has 0 saturated carbocycles. The van der Waals surface area contributed by atoms with Gasteiger partial charge >= 0.3 is 0 Å². The second kappa shape index (κ2) is 5.81. The minimum Gasteiger partial charge on any atom is -0.356 e. The van der Waals surface area contributed by atoms with Crippen LogP contribution in [0.25, 0.3) is 16.9 Å². The molecule has 0 bridgehead atoms. The molecule has 0 aliphatic rings. The van der Waals surface area contributed by atoms with E-state index in [9.17, 15) is 0 Å². The van der Waals surface area contributed by atoms with Crippen LogP contribution in [0, 0.1) is 0 Å². The zero-order chi connectivity index (χ0) is 14.8. The molecular formula is C15H16BrN5. The highest BCUT2D eigenvalue weighted by atomic mass is 79.9. The predicted octanol–water partition coefficient (Wildman–Crippen LogP) is 3.42. The first-order chi connectivity index (χ1) is 10.2. The molecule has 108 valence electrons. The molecule has 1 aromatic carbocycles. The second-order valence-corrected chi connectivity index (χ2v) is 5.55. The van der Waals surface area contributed by atoms with E-state index in [4.69, 9.17) is 4.98 Å². The van der Waals surface area contributed by atoms with Crippen LogP contribution in [0.2, 0.25) is 0 Å². The van der Waals surface area contributed by atoms with Gasteiger partial charge in [-0.2, -0.15) is 10.1 Å². The maximum Gasteiger partial charge on any atom is 0.253 e. The van der Waals surface area contributed by atoms with Gasteiger partial charge in [-0.05, 0) is 38.1 Å². The summed E-state index contributed by atoms with van der Waals surface area (Å²) >= 11 is 3.51. The van der Waals surface area contributed by atoms with Gasteiger partial charge < -0.3 is 4.90 Å². The van der Waals surface area contributed by atoms with E-state index in [2.05, 4.69) is 50.8 Å². The molecule has 0 aliphatic carbocycles. The van der Waals surface area contributed by atoms with E-state index in [0.29, 0.717) is 5.95 Å². The monoisotopic (exact) mass is 345 g/mol. The number of benzene rings is 1. The van der Waals surface area contributed by atoms with Crippen molar-refractivity contribution in [2.24, 2.45) is 0 Å². The third-order valence-electron chi connectivity index (χ3n) is 3.40. The minimum absolute atomic E-state index is 0.590. The van der Waals surface area contributed by atoms with E-state index in [0.717, 1.165) is 34.3 Å². The van der Waals surface area contributed by atoms with Crippen LogP contribution in [0.4, 0.5) is 5.82 Å². The van der Waals surface area contributed by atoms with Crippen molar-refractivity contribution in [3.05, 3.63) is 41.1 Å². The fourth-order valence-corrected chi connectivity index (χ4v) is 2.68. The summed E-state index contributed by atoms with van der Waals surface area (Å²) in [5.41, 5.74) is 0.909. The summed E-state index contributed by atoms with van der Waals surface area (Å²) in [4.78, 5) is 11.6. The second-order valence-electron chi connectivity index (χ2n) is 4.63. The average molecular weight is 346 g/mol. The zero-order valence-corrected chi connectivity index (χ0v) is 13.6. The summed E-state index contributed by atoms with van der Waals surface area (Å²) < 4.78 is 2.69. The third-order valence-corrected chi connectivity index (χ3v) is 3.89. The van der Waals surface area contributed by atoms with Crippen molar-refractivity contribution in [3.8, 4) is 5.95 Å². The molecule has 6 heteroatoms. The van der Waals surface area contributed by atoms with Gasteiger partial charge in [0.1, 0.15) is 5.82 Å². The Bertz CT molecular complexity index is 750. The molecule has 0 N–H and O–H groups in total. The van der Waals surface area contributed by atoms with E-state index in [1.54, 1.807) is 10.9 Å². The van der Waals surface area contributed by atoms with Crippen molar-refractivity contribution in [2.45, 2.75) is 13.8 Å². The van der Waals surface area contributed by atoms with Gasteiger partial charge in [-0.15, -0.1) is 0 Å². The Morgan fingerprint density at radius 1 is 1.19 bits per heavy atom. The highest BCUT2D eigenvalue weighted by molar-refractivity contribution is 9.10. The number of halogens is 1. The Kier molecular flexibility index (Phi) is 3.88. The zero-order valence-electron chi connectivity index (χ0n) is 12.0. The molecule has 2 aromatic heterocycles. The SMILES string of the molecule is CCN(CC)c1nc(-n2cccn2)nc2cc(Br)ccc12. The Morgan fingerprint density at radius 2 is 2.00 bits per heavy atom. The standard InChI is InChI=1S/C15H16BrN5/c1-3-20(4-2)14-12-7-6-11(16)10-13(12)18-15(19-14)21-9-5-8-17-21/h5-10H,3-4H2,1-2H3. The fraction of sp³-hybridized carbons (Fsp3) is 0.267. The molecule has 2 heterocycles. The Labute approximate surface area is 131 Å². The molecule has 0 aliphatic heterocycles. The quantitative estimate of drug-likeness (QED) is 0.726. The molecule has 0 amide bonds. The maximum absolute atomic E-state index is 4.72. The van der Waals surface area contributed by atoms with Gasteiger partial charge in [-0.1, -0.05) is 15.9 Å². The normalized spacial score (nSPS) is 11.0. The first kappa shape index (κ1) is 14.0. The number of anilines is 1. The molecule has 3 rings (SSSR count). The summed E-state index contributed by atoms with van der Waals surface area (Å²) in [5, 5.41) is 5.28. The van der Waals surface area contributed by atoms with Crippen LogP contribution in [-0.4, -0.2) is 32.8 Å². The van der Waals surface area contributed by atoms with Crippen LogP contribution in [0.5, 0.6) is 0 Å². The molecule has 0 saturated heterocycles. The van der Waals surface area contributed by atoms with Gasteiger partial charge in [0.05, 0.1) is 5.52 Å². The maximum atomic E-state index is 4.72. The smallest absolute Gasteiger partial charge is 0.253 e. The van der Waals surface area contributed by atoms with E-state index >= 15 is 0 Å². The number of fused-ring (bicyclic) bond motifs is 1. The minimum atomic E-state index is 0.590. The number of hydrogen-bond acceptors (Lipinski definition) is 4. The number of nitrogens with zero attached hydrogens (tertiary/aromatic N) is 5. The number of hydrogen-bond donors (Lipinski definition) is 0. The van der Waals surface area contributed by atoms with Crippen LogP contribution in [0.1, 0.15) is 13.8 Å². The van der Waals surface area contributed by atoms with Crippen LogP contribution in [0.15, 0.2) is 41.1 Å². The van der Waals surface area contributed by atoms with Gasteiger partial charge in [-0.25, -0.2) is 9.67 Å². The van der Waals surface area contributed by atoms with Gasteiger partial charge in [0.25, 0.3) is 5.95 Å². The van der Waals surface area contributed by atoms with Crippen molar-refractivity contribution < 1.29 is 0 Å². The summed E-state index contributed by atoms with van der Waals surface area (Å²) in [5.74, 6) is 1.54. The molecule has 0 radical (unpaired) electrons. The van der Waals surface area contributed by atoms with Crippen molar-refractivity contribution in [3.63, 3.8) is 0 Å². The molecule has 5 nitrogen and oxygen atoms in total. The summed E-state index contributed by atoms with van der Waals surface area (Å²) in [7, 11) is 0. The first-order valence-corrected chi connectivity index (χ1v) is 7.74. The van der Waals surface area contributed by atoms with Crippen LogP contribution >= 0.6 is 15.9 Å². The molecule has 0 unspecified atom stereocenters. The van der Waals surface area contributed by atoms with Crippen LogP contribution in [-0.2, 0) is 0 Å². The van der Waals surface area contributed by atoms with Crippen molar-refractivity contribution in [1.29, 1.82) is 0 Å². The molecule has 21 heavy (non-hydrogen) atoms. The lowest BCUT2D eigenvalue weighted by Gasteiger charge is -2.22. The van der Waals surface area contributed by atoms with E-state index in [1.165, 1.54) is 0 Å². The van der Waals surface area contributed by atoms with Crippen molar-refractivity contribution in [1.82, 2.24) is 19.7 Å². The van der Waals surface area contributed by atoms with Gasteiger partial charge in [0.2, 0.25) is 0 Å². The summed E-state index contributed by atoms with van der Waals surface area (Å²) in [6.45, 7) is 6.06. The summed E-state index contributed by atoms with van der Waals surface area (Å²) in [6.07, 6.45) is 3.58. The van der Waals surface area contributed by atoms with E-state index in [-0.39, 0.29) is 0 Å².